The minimum atomic E-state index is -0.517. The van der Waals surface area contributed by atoms with Gasteiger partial charge in [-0.1, -0.05) is 6.07 Å². The number of amides is 1. The maximum absolute atomic E-state index is 12.1. The molecule has 0 saturated carbocycles. The molecule has 0 saturated heterocycles. The second-order valence-electron chi connectivity index (χ2n) is 5.73. The molecule has 26 heavy (non-hydrogen) atoms. The minimum absolute atomic E-state index is 0.0368. The van der Waals surface area contributed by atoms with Gasteiger partial charge in [-0.05, 0) is 30.7 Å². The third-order valence-electron chi connectivity index (χ3n) is 3.76. The molecule has 0 radical (unpaired) electrons. The van der Waals surface area contributed by atoms with E-state index in [0.717, 1.165) is 5.56 Å². The van der Waals surface area contributed by atoms with Gasteiger partial charge in [0.2, 0.25) is 5.91 Å². The topological polar surface area (TPSA) is 111 Å². The van der Waals surface area contributed by atoms with E-state index in [9.17, 15) is 20.0 Å². The largest absolute Gasteiger partial charge is 0.506 e. The van der Waals surface area contributed by atoms with Crippen molar-refractivity contribution in [2.75, 3.05) is 12.1 Å². The number of rotatable bonds is 4. The number of hydrogen-bond donors (Lipinski definition) is 2. The molecule has 0 unspecified atom stereocenters. The molecule has 1 amide bonds. The Morgan fingerprint density at radius 3 is 2.88 bits per heavy atom. The number of aryl methyl sites for hydroxylation is 1. The first-order chi connectivity index (χ1) is 12.4. The lowest BCUT2D eigenvalue weighted by Crippen LogP contribution is -2.13. The van der Waals surface area contributed by atoms with Gasteiger partial charge in [-0.25, -0.2) is 0 Å². The number of carbonyl (C=O) groups is 1. The van der Waals surface area contributed by atoms with Crippen molar-refractivity contribution in [2.24, 2.45) is 0 Å². The summed E-state index contributed by atoms with van der Waals surface area (Å²) in [5.74, 6) is -0.0829. The Kier molecular flexibility index (Phi) is 4.85. The molecule has 1 aliphatic heterocycles. The lowest BCUT2D eigenvalue weighted by Gasteiger charge is -2.19. The molecule has 3 rings (SSSR count). The van der Waals surface area contributed by atoms with E-state index in [-0.39, 0.29) is 30.5 Å². The van der Waals surface area contributed by atoms with Gasteiger partial charge in [0.15, 0.2) is 6.79 Å². The average Bonchev–Trinajstić information content (AvgIpc) is 2.61. The van der Waals surface area contributed by atoms with Crippen molar-refractivity contribution in [1.29, 1.82) is 0 Å². The molecule has 0 bridgehead atoms. The summed E-state index contributed by atoms with van der Waals surface area (Å²) >= 11 is 0. The smallest absolute Gasteiger partial charge is 0.270 e. The summed E-state index contributed by atoms with van der Waals surface area (Å²) in [5, 5.41) is 23.5. The summed E-state index contributed by atoms with van der Waals surface area (Å²) in [4.78, 5) is 22.7. The molecular weight excluding hydrogens is 340 g/mol. The maximum atomic E-state index is 12.1. The summed E-state index contributed by atoms with van der Waals surface area (Å²) in [6.45, 7) is 2.05. The van der Waals surface area contributed by atoms with Gasteiger partial charge in [0.25, 0.3) is 5.69 Å². The fourth-order valence-corrected chi connectivity index (χ4v) is 2.55. The highest BCUT2D eigenvalue weighted by Crippen LogP contribution is 2.33. The number of nitrogens with one attached hydrogen (secondary N) is 1. The molecule has 0 fully saturated rings. The Morgan fingerprint density at radius 2 is 2.15 bits per heavy atom. The Hall–Kier alpha value is -3.39. The Balaban J connectivity index is 1.84. The van der Waals surface area contributed by atoms with Crippen LogP contribution in [0.1, 0.15) is 16.7 Å². The summed E-state index contributed by atoms with van der Waals surface area (Å²) < 4.78 is 10.5. The van der Waals surface area contributed by atoms with Gasteiger partial charge in [-0.3, -0.25) is 14.9 Å². The standard InChI is InChI=1S/C18H16N2O6/c1-11-2-4-15(16(21)6-11)19-17(22)5-3-12-7-14(20(23)24)8-13-9-25-10-26-18(12)13/h2-8,21H,9-10H2,1H3,(H,19,22)/b5-3+. The number of hydrogen-bond acceptors (Lipinski definition) is 6. The van der Waals surface area contributed by atoms with Crippen molar-refractivity contribution in [3.8, 4) is 11.5 Å². The van der Waals surface area contributed by atoms with Crippen molar-refractivity contribution in [2.45, 2.75) is 13.5 Å². The van der Waals surface area contributed by atoms with Crippen LogP contribution in [0, 0.1) is 17.0 Å². The number of benzene rings is 2. The minimum Gasteiger partial charge on any atom is -0.506 e. The van der Waals surface area contributed by atoms with Gasteiger partial charge in [0.1, 0.15) is 11.5 Å². The zero-order valence-electron chi connectivity index (χ0n) is 13.9. The monoisotopic (exact) mass is 356 g/mol. The molecule has 0 spiro atoms. The third kappa shape index (κ3) is 3.81. The number of phenolic OH excluding ortho intramolecular Hbond substituents is 1. The number of carbonyl (C=O) groups excluding carboxylic acids is 1. The lowest BCUT2D eigenvalue weighted by molar-refractivity contribution is -0.385. The van der Waals surface area contributed by atoms with Gasteiger partial charge in [-0.15, -0.1) is 0 Å². The first kappa shape index (κ1) is 17.4. The predicted octanol–water partition coefficient (Wildman–Crippen LogP) is 3.13. The number of nitrogens with zero attached hydrogens (tertiary/aromatic N) is 1. The van der Waals surface area contributed by atoms with E-state index < -0.39 is 10.8 Å². The highest BCUT2D eigenvalue weighted by atomic mass is 16.7. The van der Waals surface area contributed by atoms with E-state index in [4.69, 9.17) is 9.47 Å². The number of ether oxygens (including phenoxy) is 2. The highest BCUT2D eigenvalue weighted by molar-refractivity contribution is 6.03. The van der Waals surface area contributed by atoms with Gasteiger partial charge in [0.05, 0.1) is 17.2 Å². The van der Waals surface area contributed by atoms with E-state index >= 15 is 0 Å². The molecule has 0 aromatic heterocycles. The summed E-state index contributed by atoms with van der Waals surface area (Å²) in [6.07, 6.45) is 2.65. The first-order valence-corrected chi connectivity index (χ1v) is 7.74. The number of fused-ring (bicyclic) bond motifs is 1. The van der Waals surface area contributed by atoms with Crippen LogP contribution in [0.25, 0.3) is 6.08 Å². The van der Waals surface area contributed by atoms with Crippen molar-refractivity contribution in [3.63, 3.8) is 0 Å². The third-order valence-corrected chi connectivity index (χ3v) is 3.76. The van der Waals surface area contributed by atoms with E-state index in [2.05, 4.69) is 5.32 Å². The molecule has 0 aliphatic carbocycles. The Bertz CT molecular complexity index is 907. The highest BCUT2D eigenvalue weighted by Gasteiger charge is 2.19. The fourth-order valence-electron chi connectivity index (χ4n) is 2.55. The SMILES string of the molecule is Cc1ccc(NC(=O)/C=C/c2cc([N+](=O)[O-])cc3c2OCOC3)c(O)c1. The van der Waals surface area contributed by atoms with E-state index in [0.29, 0.717) is 16.9 Å². The van der Waals surface area contributed by atoms with Crippen LogP contribution in [0.2, 0.25) is 0 Å². The molecular formula is C18H16N2O6. The molecule has 1 heterocycles. The van der Waals surface area contributed by atoms with Crippen molar-refractivity contribution in [3.05, 3.63) is 63.2 Å². The normalized spacial score (nSPS) is 13.1. The van der Waals surface area contributed by atoms with E-state index in [1.54, 1.807) is 12.1 Å². The number of phenols is 1. The first-order valence-electron chi connectivity index (χ1n) is 7.74. The molecule has 1 aliphatic rings. The van der Waals surface area contributed by atoms with Crippen LogP contribution in [0.3, 0.4) is 0 Å². The number of nitro benzene ring substituents is 1. The average molecular weight is 356 g/mol. The predicted molar refractivity (Wildman–Crippen MR) is 93.9 cm³/mol. The van der Waals surface area contributed by atoms with Crippen LogP contribution in [0.5, 0.6) is 11.5 Å². The van der Waals surface area contributed by atoms with Crippen LogP contribution in [0.15, 0.2) is 36.4 Å². The van der Waals surface area contributed by atoms with Crippen LogP contribution in [-0.2, 0) is 16.1 Å². The molecule has 8 heteroatoms. The summed E-state index contributed by atoms with van der Waals surface area (Å²) in [6, 6.07) is 7.59. The van der Waals surface area contributed by atoms with Crippen LogP contribution < -0.4 is 10.1 Å². The van der Waals surface area contributed by atoms with Crippen molar-refractivity contribution < 1.29 is 24.3 Å². The number of anilines is 1. The molecule has 2 aromatic rings. The van der Waals surface area contributed by atoms with Gasteiger partial charge in [0, 0.05) is 29.3 Å². The Labute approximate surface area is 148 Å². The van der Waals surface area contributed by atoms with Gasteiger partial charge >= 0.3 is 0 Å². The molecule has 0 atom stereocenters. The Morgan fingerprint density at radius 1 is 1.35 bits per heavy atom. The summed E-state index contributed by atoms with van der Waals surface area (Å²) in [7, 11) is 0. The van der Waals surface area contributed by atoms with Crippen LogP contribution in [-0.4, -0.2) is 22.7 Å². The van der Waals surface area contributed by atoms with Gasteiger partial charge in [-0.2, -0.15) is 0 Å². The number of nitro groups is 1. The second kappa shape index (κ2) is 7.24. The van der Waals surface area contributed by atoms with E-state index in [1.807, 2.05) is 6.92 Å². The lowest BCUT2D eigenvalue weighted by atomic mass is 10.1. The molecule has 2 aromatic carbocycles. The van der Waals surface area contributed by atoms with Crippen molar-refractivity contribution in [1.82, 2.24) is 0 Å². The maximum Gasteiger partial charge on any atom is 0.270 e. The van der Waals surface area contributed by atoms with E-state index in [1.165, 1.54) is 30.4 Å². The number of non-ortho nitro benzene ring substituents is 1. The molecule has 8 nitrogen and oxygen atoms in total. The van der Waals surface area contributed by atoms with Crippen molar-refractivity contribution >= 4 is 23.4 Å². The molecule has 2 N–H and O–H groups in total. The fraction of sp³-hybridized carbons (Fsp3) is 0.167. The number of aromatic hydroxyl groups is 1. The van der Waals surface area contributed by atoms with Crippen LogP contribution >= 0.6 is 0 Å². The zero-order chi connectivity index (χ0) is 18.7. The quantitative estimate of drug-likeness (QED) is 0.377. The zero-order valence-corrected chi connectivity index (χ0v) is 13.9. The summed E-state index contributed by atoms with van der Waals surface area (Å²) in [5.41, 5.74) is 1.96. The molecule has 134 valence electrons. The van der Waals surface area contributed by atoms with Gasteiger partial charge < -0.3 is 19.9 Å². The van der Waals surface area contributed by atoms with Crippen LogP contribution in [0.4, 0.5) is 11.4 Å². The second-order valence-corrected chi connectivity index (χ2v) is 5.73.